The van der Waals surface area contributed by atoms with E-state index in [1.807, 2.05) is 60.7 Å². The molecule has 45 heavy (non-hydrogen) atoms. The molecular formula is C35H52N4O6. The number of benzene rings is 2. The fourth-order valence-corrected chi connectivity index (χ4v) is 4.60. The summed E-state index contributed by atoms with van der Waals surface area (Å²) in [4.78, 5) is 48.0. The molecule has 0 saturated heterocycles. The van der Waals surface area contributed by atoms with Crippen LogP contribution in [0.4, 0.5) is 9.59 Å². The molecule has 0 aliphatic rings. The Morgan fingerprint density at radius 1 is 0.511 bits per heavy atom. The molecule has 4 amide bonds. The van der Waals surface area contributed by atoms with E-state index in [9.17, 15) is 19.2 Å². The lowest BCUT2D eigenvalue weighted by atomic mass is 10.1. The molecule has 2 aromatic carbocycles. The molecule has 248 valence electrons. The van der Waals surface area contributed by atoms with Crippen LogP contribution < -0.4 is 21.3 Å². The first-order chi connectivity index (χ1) is 21.8. The van der Waals surface area contributed by atoms with Gasteiger partial charge in [0.15, 0.2) is 0 Å². The van der Waals surface area contributed by atoms with Crippen molar-refractivity contribution >= 4 is 24.0 Å². The van der Waals surface area contributed by atoms with Gasteiger partial charge in [0.05, 0.1) is 12.1 Å². The lowest BCUT2D eigenvalue weighted by Gasteiger charge is -2.13. The van der Waals surface area contributed by atoms with Gasteiger partial charge in [0.1, 0.15) is 13.2 Å². The highest BCUT2D eigenvalue weighted by Gasteiger charge is 2.17. The fraction of sp³-hybridized carbons (Fsp3) is 0.543. The zero-order valence-electron chi connectivity index (χ0n) is 27.0. The van der Waals surface area contributed by atoms with Crippen LogP contribution in [0.5, 0.6) is 0 Å². The van der Waals surface area contributed by atoms with Gasteiger partial charge < -0.3 is 20.1 Å². The van der Waals surface area contributed by atoms with E-state index in [0.717, 1.165) is 49.9 Å². The Kier molecular flexibility index (Phi) is 19.6. The average Bonchev–Trinajstić information content (AvgIpc) is 3.05. The summed E-state index contributed by atoms with van der Waals surface area (Å²) in [6, 6.07) is 17.7. The van der Waals surface area contributed by atoms with Crippen molar-refractivity contribution in [3.8, 4) is 0 Å². The Balaban J connectivity index is 1.33. The molecular weight excluding hydrogens is 572 g/mol. The molecule has 0 fully saturated rings. The molecule has 0 heterocycles. The highest BCUT2D eigenvalue weighted by molar-refractivity contribution is 5.95. The van der Waals surface area contributed by atoms with Gasteiger partial charge in [0.25, 0.3) is 0 Å². The summed E-state index contributed by atoms with van der Waals surface area (Å²) in [5, 5.41) is 10.9. The molecule has 0 saturated carbocycles. The van der Waals surface area contributed by atoms with Gasteiger partial charge in [-0.15, -0.1) is 0 Å². The number of hydrogen-bond donors (Lipinski definition) is 4. The van der Waals surface area contributed by atoms with Gasteiger partial charge >= 0.3 is 12.2 Å². The largest absolute Gasteiger partial charge is 0.444 e. The number of hydrogen-bond acceptors (Lipinski definition) is 8. The van der Waals surface area contributed by atoms with E-state index in [1.54, 1.807) is 13.8 Å². The minimum atomic E-state index is -0.734. The van der Waals surface area contributed by atoms with Crippen molar-refractivity contribution in [3.05, 3.63) is 71.8 Å². The minimum Gasteiger partial charge on any atom is -0.444 e. The second-order valence-electron chi connectivity index (χ2n) is 11.3. The van der Waals surface area contributed by atoms with E-state index < -0.39 is 24.3 Å². The van der Waals surface area contributed by atoms with Crippen LogP contribution >= 0.6 is 0 Å². The van der Waals surface area contributed by atoms with Gasteiger partial charge in [-0.3, -0.25) is 20.2 Å². The lowest BCUT2D eigenvalue weighted by molar-refractivity contribution is -0.123. The second kappa shape index (κ2) is 23.6. The van der Waals surface area contributed by atoms with E-state index in [4.69, 9.17) is 9.47 Å². The first kappa shape index (κ1) is 37.4. The third-order valence-corrected chi connectivity index (χ3v) is 7.42. The van der Waals surface area contributed by atoms with E-state index in [-0.39, 0.29) is 25.0 Å². The molecule has 2 rings (SSSR count). The van der Waals surface area contributed by atoms with Gasteiger partial charge in [-0.25, -0.2) is 9.59 Å². The molecule has 0 aromatic heterocycles. The number of rotatable bonds is 22. The maximum absolute atomic E-state index is 12.2. The molecule has 0 unspecified atom stereocenters. The van der Waals surface area contributed by atoms with E-state index in [0.29, 0.717) is 0 Å². The zero-order valence-corrected chi connectivity index (χ0v) is 27.0. The number of unbranched alkanes of at least 4 members (excludes halogenated alkanes) is 10. The zero-order chi connectivity index (χ0) is 32.5. The van der Waals surface area contributed by atoms with Crippen molar-refractivity contribution in [1.82, 2.24) is 21.3 Å². The van der Waals surface area contributed by atoms with E-state index in [2.05, 4.69) is 21.3 Å². The number of imide groups is 2. The Hall–Kier alpha value is -3.76. The summed E-state index contributed by atoms with van der Waals surface area (Å²) in [7, 11) is 0. The highest BCUT2D eigenvalue weighted by Crippen LogP contribution is 2.11. The fourth-order valence-electron chi connectivity index (χ4n) is 4.60. The molecule has 10 heteroatoms. The van der Waals surface area contributed by atoms with Crippen LogP contribution in [-0.4, -0.2) is 49.2 Å². The summed E-state index contributed by atoms with van der Waals surface area (Å²) in [6.45, 7) is 5.19. The van der Waals surface area contributed by atoms with Crippen LogP contribution in [0.3, 0.4) is 0 Å². The molecule has 0 radical (unpaired) electrons. The number of nitrogens with one attached hydrogen (secondary N) is 4. The van der Waals surface area contributed by atoms with Crippen LogP contribution in [0, 0.1) is 0 Å². The molecule has 10 nitrogen and oxygen atoms in total. The summed E-state index contributed by atoms with van der Waals surface area (Å²) in [5.74, 6) is -0.777. The topological polar surface area (TPSA) is 135 Å². The monoisotopic (exact) mass is 624 g/mol. The van der Waals surface area contributed by atoms with Crippen molar-refractivity contribution < 1.29 is 28.7 Å². The van der Waals surface area contributed by atoms with Gasteiger partial charge in [0, 0.05) is 0 Å². The lowest BCUT2D eigenvalue weighted by Crippen LogP contribution is -2.45. The van der Waals surface area contributed by atoms with E-state index >= 15 is 0 Å². The molecule has 0 bridgehead atoms. The predicted molar refractivity (Wildman–Crippen MR) is 175 cm³/mol. The standard InChI is InChI=1S/C35H52N4O6/c1-28(32(40)38-34(42)44-26-30-20-14-12-15-21-30)36-24-18-10-8-6-4-3-5-7-9-11-19-25-37-29(2)33(41)39-35(43)45-27-31-22-16-13-17-23-31/h12-17,20-23,28-29,36-37H,3-11,18-19,24-27H2,1-2H3,(H,38,40,42)(H,39,41,43)/t28-,29-/m0/s1. The van der Waals surface area contributed by atoms with Gasteiger partial charge in [0.2, 0.25) is 11.8 Å². The molecule has 4 N–H and O–H groups in total. The van der Waals surface area contributed by atoms with Crippen LogP contribution in [0.15, 0.2) is 60.7 Å². The maximum Gasteiger partial charge on any atom is 0.414 e. The van der Waals surface area contributed by atoms with Crippen molar-refractivity contribution in [2.45, 2.75) is 110 Å². The normalized spacial score (nSPS) is 12.1. The summed E-state index contributed by atoms with van der Waals surface area (Å²) in [5.41, 5.74) is 1.73. The molecule has 0 aliphatic heterocycles. The van der Waals surface area contributed by atoms with Gasteiger partial charge in [-0.1, -0.05) is 118 Å². The van der Waals surface area contributed by atoms with Crippen molar-refractivity contribution in [2.75, 3.05) is 13.1 Å². The van der Waals surface area contributed by atoms with Crippen LogP contribution in [0.2, 0.25) is 0 Å². The summed E-state index contributed by atoms with van der Waals surface area (Å²) >= 11 is 0. The predicted octanol–water partition coefficient (Wildman–Crippen LogP) is 6.14. The number of alkyl carbamates (subject to hydrolysis) is 2. The Morgan fingerprint density at radius 3 is 1.16 bits per heavy atom. The van der Waals surface area contributed by atoms with Crippen molar-refractivity contribution in [3.63, 3.8) is 0 Å². The van der Waals surface area contributed by atoms with Crippen LogP contribution in [0.25, 0.3) is 0 Å². The summed E-state index contributed by atoms with van der Waals surface area (Å²) in [6.07, 6.45) is 11.2. The quantitative estimate of drug-likeness (QED) is 0.115. The third-order valence-electron chi connectivity index (χ3n) is 7.42. The van der Waals surface area contributed by atoms with Crippen LogP contribution in [0.1, 0.15) is 95.6 Å². The number of carbonyl (C=O) groups excluding carboxylic acids is 4. The minimum absolute atomic E-state index is 0.126. The van der Waals surface area contributed by atoms with Crippen LogP contribution in [-0.2, 0) is 32.3 Å². The maximum atomic E-state index is 12.2. The molecule has 2 aromatic rings. The Bertz CT molecular complexity index is 1030. The average molecular weight is 625 g/mol. The molecule has 0 spiro atoms. The third kappa shape index (κ3) is 18.6. The molecule has 0 aliphatic carbocycles. The van der Waals surface area contributed by atoms with E-state index in [1.165, 1.54) is 44.9 Å². The SMILES string of the molecule is C[C@H](NCCCCCCCCCCCCCN[C@@H](C)C(=O)NC(=O)OCc1ccccc1)C(=O)NC(=O)OCc1ccccc1. The number of amides is 4. The van der Waals surface area contributed by atoms with Crippen molar-refractivity contribution in [1.29, 1.82) is 0 Å². The van der Waals surface area contributed by atoms with Gasteiger partial charge in [-0.2, -0.15) is 0 Å². The highest BCUT2D eigenvalue weighted by atomic mass is 16.6. The smallest absolute Gasteiger partial charge is 0.414 e. The van der Waals surface area contributed by atoms with Crippen molar-refractivity contribution in [2.24, 2.45) is 0 Å². The molecule has 2 atom stereocenters. The van der Waals surface area contributed by atoms with Gasteiger partial charge in [-0.05, 0) is 50.9 Å². The summed E-state index contributed by atoms with van der Waals surface area (Å²) < 4.78 is 10.2. The Morgan fingerprint density at radius 2 is 0.822 bits per heavy atom. The number of ether oxygens (including phenoxy) is 2. The Labute approximate surface area is 268 Å². The first-order valence-electron chi connectivity index (χ1n) is 16.3. The first-order valence-corrected chi connectivity index (χ1v) is 16.3. The second-order valence-corrected chi connectivity index (χ2v) is 11.3. The number of carbonyl (C=O) groups is 4.